The van der Waals surface area contributed by atoms with Gasteiger partial charge in [0, 0.05) is 5.57 Å². The highest BCUT2D eigenvalue weighted by Gasteiger charge is 2.31. The fraction of sp³-hybridized carbons (Fsp3) is 0.727. The molecule has 0 amide bonds. The van der Waals surface area contributed by atoms with E-state index in [4.69, 9.17) is 20.6 Å². The molecule has 0 aromatic carbocycles. The Kier molecular flexibility index (Phi) is 6.29. The molecule has 0 bridgehead atoms. The van der Waals surface area contributed by atoms with Crippen molar-refractivity contribution in [2.75, 3.05) is 0 Å². The molecular formula is C11H21ClO3Si. The molecular weight excluding hydrogens is 244 g/mol. The SMILES string of the molecule is C=C(C)C(=O)OC(C)OC(CC)[Si](C)(C)Cl. The zero-order chi connectivity index (χ0) is 12.9. The molecule has 0 aromatic heterocycles. The normalized spacial score (nSPS) is 15.4. The summed E-state index contributed by atoms with van der Waals surface area (Å²) in [6.07, 6.45) is 0.234. The lowest BCUT2D eigenvalue weighted by atomic mass is 10.4. The van der Waals surface area contributed by atoms with Gasteiger partial charge in [0.25, 0.3) is 0 Å². The number of hydrogen-bond acceptors (Lipinski definition) is 3. The van der Waals surface area contributed by atoms with Crippen molar-refractivity contribution >= 4 is 24.4 Å². The number of ether oxygens (including phenoxy) is 2. The predicted molar refractivity (Wildman–Crippen MR) is 68.9 cm³/mol. The monoisotopic (exact) mass is 264 g/mol. The highest BCUT2D eigenvalue weighted by molar-refractivity contribution is 7.19. The van der Waals surface area contributed by atoms with Crippen molar-refractivity contribution in [1.82, 2.24) is 0 Å². The number of rotatable bonds is 6. The van der Waals surface area contributed by atoms with Crippen LogP contribution in [-0.4, -0.2) is 25.4 Å². The Hall–Kier alpha value is -0.323. The molecule has 0 saturated heterocycles. The first-order valence-corrected chi connectivity index (χ1v) is 9.48. The number of carbonyl (C=O) groups excluding carboxylic acids is 1. The highest BCUT2D eigenvalue weighted by atomic mass is 35.6. The van der Waals surface area contributed by atoms with Crippen molar-refractivity contribution in [2.45, 2.75) is 52.3 Å². The molecule has 3 nitrogen and oxygen atoms in total. The number of carbonyl (C=O) groups is 1. The molecule has 0 saturated carbocycles. The first-order valence-electron chi connectivity index (χ1n) is 5.39. The standard InChI is InChI=1S/C11H21ClO3Si/c1-7-10(16(5,6)12)14-9(4)15-11(13)8(2)3/h9-10H,2,7H2,1,3-6H3. The Morgan fingerprint density at radius 1 is 1.50 bits per heavy atom. The molecule has 0 aliphatic heterocycles. The van der Waals surface area contributed by atoms with Crippen molar-refractivity contribution in [3.8, 4) is 0 Å². The van der Waals surface area contributed by atoms with Gasteiger partial charge in [0.05, 0.1) is 5.73 Å². The molecule has 0 heterocycles. The van der Waals surface area contributed by atoms with E-state index in [2.05, 4.69) is 6.58 Å². The summed E-state index contributed by atoms with van der Waals surface area (Å²) < 4.78 is 10.7. The Morgan fingerprint density at radius 3 is 2.31 bits per heavy atom. The minimum absolute atomic E-state index is 0.0258. The van der Waals surface area contributed by atoms with Crippen molar-refractivity contribution in [1.29, 1.82) is 0 Å². The maximum Gasteiger partial charge on any atom is 0.335 e. The van der Waals surface area contributed by atoms with E-state index < -0.39 is 19.6 Å². The summed E-state index contributed by atoms with van der Waals surface area (Å²) in [5.41, 5.74) is 0.341. The molecule has 2 atom stereocenters. The number of halogens is 1. The number of hydrogen-bond donors (Lipinski definition) is 0. The van der Waals surface area contributed by atoms with Gasteiger partial charge in [-0.25, -0.2) is 4.79 Å². The molecule has 5 heteroatoms. The quantitative estimate of drug-likeness (QED) is 0.243. The predicted octanol–water partition coefficient (Wildman–Crippen LogP) is 3.23. The van der Waals surface area contributed by atoms with Crippen LogP contribution in [0.4, 0.5) is 0 Å². The minimum atomic E-state index is -1.89. The van der Waals surface area contributed by atoms with Gasteiger partial charge in [-0.15, -0.1) is 0 Å². The fourth-order valence-electron chi connectivity index (χ4n) is 1.25. The summed E-state index contributed by atoms with van der Waals surface area (Å²) in [7, 11) is -1.89. The molecule has 16 heavy (non-hydrogen) atoms. The zero-order valence-electron chi connectivity index (χ0n) is 10.7. The lowest BCUT2D eigenvalue weighted by molar-refractivity contribution is -0.174. The van der Waals surface area contributed by atoms with E-state index in [-0.39, 0.29) is 5.73 Å². The van der Waals surface area contributed by atoms with Crippen LogP contribution in [0.3, 0.4) is 0 Å². The van der Waals surface area contributed by atoms with Gasteiger partial charge in [0.2, 0.25) is 6.29 Å². The summed E-state index contributed by atoms with van der Waals surface area (Å²) in [5, 5.41) is 0. The summed E-state index contributed by atoms with van der Waals surface area (Å²) in [4.78, 5) is 11.2. The topological polar surface area (TPSA) is 35.5 Å². The van der Waals surface area contributed by atoms with Gasteiger partial charge in [-0.05, 0) is 20.3 Å². The van der Waals surface area contributed by atoms with E-state index in [0.717, 1.165) is 6.42 Å². The lowest BCUT2D eigenvalue weighted by Crippen LogP contribution is -2.40. The second kappa shape index (κ2) is 6.42. The summed E-state index contributed by atoms with van der Waals surface area (Å²) >= 11 is 6.30. The van der Waals surface area contributed by atoms with Crippen molar-refractivity contribution < 1.29 is 14.3 Å². The Balaban J connectivity index is 4.27. The molecule has 0 aliphatic carbocycles. The minimum Gasteiger partial charge on any atom is -0.433 e. The van der Waals surface area contributed by atoms with Crippen LogP contribution < -0.4 is 0 Å². The van der Waals surface area contributed by atoms with Crippen LogP contribution in [0.15, 0.2) is 12.2 Å². The van der Waals surface area contributed by atoms with Crippen LogP contribution in [0.2, 0.25) is 13.1 Å². The Bertz CT molecular complexity index is 260. The number of esters is 1. The third-order valence-electron chi connectivity index (χ3n) is 2.11. The van der Waals surface area contributed by atoms with E-state index in [1.54, 1.807) is 13.8 Å². The van der Waals surface area contributed by atoms with Crippen LogP contribution in [0.1, 0.15) is 27.2 Å². The fourth-order valence-corrected chi connectivity index (χ4v) is 3.36. The summed E-state index contributed by atoms with van der Waals surface area (Å²) in [5.74, 6) is -0.434. The Morgan fingerprint density at radius 2 is 2.00 bits per heavy atom. The van der Waals surface area contributed by atoms with Crippen molar-refractivity contribution in [2.24, 2.45) is 0 Å². The molecule has 0 radical (unpaired) electrons. The summed E-state index contributed by atoms with van der Waals surface area (Å²) in [6.45, 7) is 12.8. The Labute approximate surface area is 103 Å². The first kappa shape index (κ1) is 15.7. The van der Waals surface area contributed by atoms with Gasteiger partial charge in [-0.1, -0.05) is 26.6 Å². The second-order valence-electron chi connectivity index (χ2n) is 4.35. The lowest BCUT2D eigenvalue weighted by Gasteiger charge is -2.28. The zero-order valence-corrected chi connectivity index (χ0v) is 12.4. The average molecular weight is 265 g/mol. The highest BCUT2D eigenvalue weighted by Crippen LogP contribution is 2.21. The molecule has 0 fully saturated rings. The van der Waals surface area contributed by atoms with E-state index in [1.165, 1.54) is 0 Å². The van der Waals surface area contributed by atoms with Crippen LogP contribution >= 0.6 is 11.1 Å². The van der Waals surface area contributed by atoms with Gasteiger partial charge in [0.1, 0.15) is 0 Å². The molecule has 0 aliphatic rings. The van der Waals surface area contributed by atoms with Gasteiger partial charge in [-0.2, -0.15) is 11.1 Å². The molecule has 0 rings (SSSR count). The van der Waals surface area contributed by atoms with Gasteiger partial charge < -0.3 is 9.47 Å². The van der Waals surface area contributed by atoms with E-state index in [9.17, 15) is 4.79 Å². The molecule has 0 aromatic rings. The first-order chi connectivity index (χ1) is 7.18. The molecule has 0 spiro atoms. The van der Waals surface area contributed by atoms with Gasteiger partial charge >= 0.3 is 5.97 Å². The van der Waals surface area contributed by atoms with Gasteiger partial charge in [-0.3, -0.25) is 0 Å². The smallest absolute Gasteiger partial charge is 0.335 e. The van der Waals surface area contributed by atoms with Crippen LogP contribution in [0.5, 0.6) is 0 Å². The molecule has 2 unspecified atom stereocenters. The van der Waals surface area contributed by atoms with Crippen LogP contribution in [-0.2, 0) is 14.3 Å². The van der Waals surface area contributed by atoms with Crippen LogP contribution in [0.25, 0.3) is 0 Å². The van der Waals surface area contributed by atoms with Crippen LogP contribution in [0, 0.1) is 0 Å². The largest absolute Gasteiger partial charge is 0.433 e. The third kappa shape index (κ3) is 5.68. The molecule has 94 valence electrons. The van der Waals surface area contributed by atoms with E-state index in [1.807, 2.05) is 20.0 Å². The van der Waals surface area contributed by atoms with E-state index in [0.29, 0.717) is 5.57 Å². The maximum absolute atomic E-state index is 11.2. The van der Waals surface area contributed by atoms with Crippen molar-refractivity contribution in [3.05, 3.63) is 12.2 Å². The van der Waals surface area contributed by atoms with Crippen molar-refractivity contribution in [3.63, 3.8) is 0 Å². The van der Waals surface area contributed by atoms with Gasteiger partial charge in [0.15, 0.2) is 7.38 Å². The van der Waals surface area contributed by atoms with E-state index >= 15 is 0 Å². The second-order valence-corrected chi connectivity index (χ2v) is 11.0. The summed E-state index contributed by atoms with van der Waals surface area (Å²) in [6, 6.07) is 0. The average Bonchev–Trinajstić information content (AvgIpc) is 2.11. The maximum atomic E-state index is 11.2. The third-order valence-corrected chi connectivity index (χ3v) is 4.92. The molecule has 0 N–H and O–H groups in total.